The maximum atomic E-state index is 12.4. The zero-order valence-corrected chi connectivity index (χ0v) is 14.2. The molecule has 1 N–H and O–H groups in total. The molecule has 6 heteroatoms. The molecule has 1 aromatic rings. The number of hydrogen-bond acceptors (Lipinski definition) is 4. The molecule has 0 aliphatic heterocycles. The third-order valence-electron chi connectivity index (χ3n) is 4.24. The lowest BCUT2D eigenvalue weighted by atomic mass is 9.96. The first-order valence-corrected chi connectivity index (χ1v) is 8.30. The number of rotatable bonds is 8. The fourth-order valence-electron chi connectivity index (χ4n) is 2.65. The number of ether oxygens (including phenoxy) is 1. The van der Waals surface area contributed by atoms with Crippen molar-refractivity contribution in [3.8, 4) is 0 Å². The van der Waals surface area contributed by atoms with Crippen molar-refractivity contribution in [3.05, 3.63) is 35.9 Å². The van der Waals surface area contributed by atoms with Crippen molar-refractivity contribution in [2.75, 3.05) is 26.2 Å². The van der Waals surface area contributed by atoms with Gasteiger partial charge in [-0.05, 0) is 32.3 Å². The van der Waals surface area contributed by atoms with Gasteiger partial charge in [0.25, 0.3) is 5.91 Å². The quantitative estimate of drug-likeness (QED) is 0.727. The van der Waals surface area contributed by atoms with E-state index in [9.17, 15) is 14.4 Å². The van der Waals surface area contributed by atoms with Crippen molar-refractivity contribution in [2.24, 2.45) is 0 Å². The molecule has 0 unspecified atom stereocenters. The molecule has 1 aliphatic carbocycles. The molecule has 0 radical (unpaired) electrons. The molecule has 24 heavy (non-hydrogen) atoms. The Bertz CT molecular complexity index is 596. The molecule has 6 nitrogen and oxygen atoms in total. The first-order chi connectivity index (χ1) is 11.5. The molecule has 1 aliphatic rings. The highest BCUT2D eigenvalue weighted by atomic mass is 16.5. The largest absolute Gasteiger partial charge is 0.455 e. The van der Waals surface area contributed by atoms with E-state index in [0.29, 0.717) is 13.1 Å². The maximum Gasteiger partial charge on any atom is 0.317 e. The summed E-state index contributed by atoms with van der Waals surface area (Å²) in [6.07, 6.45) is 1.47. The average molecular weight is 332 g/mol. The van der Waals surface area contributed by atoms with Gasteiger partial charge >= 0.3 is 5.97 Å². The van der Waals surface area contributed by atoms with Crippen LogP contribution in [0.3, 0.4) is 0 Å². The van der Waals surface area contributed by atoms with Crippen molar-refractivity contribution in [1.29, 1.82) is 0 Å². The molecule has 2 rings (SSSR count). The van der Waals surface area contributed by atoms with E-state index in [-0.39, 0.29) is 30.9 Å². The summed E-state index contributed by atoms with van der Waals surface area (Å²) in [7, 11) is 0. The van der Waals surface area contributed by atoms with E-state index in [1.54, 1.807) is 6.92 Å². The van der Waals surface area contributed by atoms with E-state index in [1.165, 1.54) is 4.90 Å². The standard InChI is InChI=1S/C18H24N2O4/c1-3-19-15(21)12-20(4-2)16(22)13-24-17(23)18(10-11-18)14-8-6-5-7-9-14/h5-9H,3-4,10-13H2,1-2H3,(H,19,21). The molecule has 0 atom stereocenters. The van der Waals surface area contributed by atoms with E-state index in [1.807, 2.05) is 37.3 Å². The van der Waals surface area contributed by atoms with Gasteiger partial charge in [-0.2, -0.15) is 0 Å². The van der Waals surface area contributed by atoms with Crippen LogP contribution in [-0.4, -0.2) is 48.9 Å². The molecular weight excluding hydrogens is 308 g/mol. The molecule has 1 aromatic carbocycles. The smallest absolute Gasteiger partial charge is 0.317 e. The lowest BCUT2D eigenvalue weighted by Gasteiger charge is -2.21. The van der Waals surface area contributed by atoms with Crippen LogP contribution in [0.5, 0.6) is 0 Å². The highest BCUT2D eigenvalue weighted by Gasteiger charge is 2.52. The van der Waals surface area contributed by atoms with Crippen molar-refractivity contribution in [3.63, 3.8) is 0 Å². The molecule has 2 amide bonds. The number of carbonyl (C=O) groups excluding carboxylic acids is 3. The zero-order chi connectivity index (χ0) is 17.6. The van der Waals surface area contributed by atoms with Gasteiger partial charge in [-0.15, -0.1) is 0 Å². The predicted octanol–water partition coefficient (Wildman–Crippen LogP) is 1.25. The number of benzene rings is 1. The Labute approximate surface area is 142 Å². The Kier molecular flexibility index (Phi) is 5.95. The van der Waals surface area contributed by atoms with Crippen molar-refractivity contribution >= 4 is 17.8 Å². The minimum absolute atomic E-state index is 0.0233. The number of amides is 2. The molecule has 130 valence electrons. The number of hydrogen-bond donors (Lipinski definition) is 1. The fourth-order valence-corrected chi connectivity index (χ4v) is 2.65. The van der Waals surface area contributed by atoms with Gasteiger partial charge in [-0.25, -0.2) is 0 Å². The topological polar surface area (TPSA) is 75.7 Å². The Morgan fingerprint density at radius 2 is 1.83 bits per heavy atom. The minimum atomic E-state index is -0.599. The normalized spacial score (nSPS) is 14.6. The summed E-state index contributed by atoms with van der Waals surface area (Å²) < 4.78 is 5.25. The maximum absolute atomic E-state index is 12.4. The van der Waals surface area contributed by atoms with Crippen molar-refractivity contribution in [2.45, 2.75) is 32.1 Å². The van der Waals surface area contributed by atoms with Crippen molar-refractivity contribution in [1.82, 2.24) is 10.2 Å². The van der Waals surface area contributed by atoms with Crippen LogP contribution in [0.25, 0.3) is 0 Å². The van der Waals surface area contributed by atoms with Gasteiger partial charge in [0.15, 0.2) is 6.61 Å². The fraction of sp³-hybridized carbons (Fsp3) is 0.500. The molecule has 0 spiro atoms. The lowest BCUT2D eigenvalue weighted by molar-refractivity contribution is -0.154. The molecule has 0 bridgehead atoms. The summed E-state index contributed by atoms with van der Waals surface area (Å²) in [5.74, 6) is -0.945. The first-order valence-electron chi connectivity index (χ1n) is 8.30. The highest BCUT2D eigenvalue weighted by Crippen LogP contribution is 2.49. The van der Waals surface area contributed by atoms with Gasteiger partial charge < -0.3 is 15.0 Å². The van der Waals surface area contributed by atoms with Gasteiger partial charge in [0.05, 0.1) is 12.0 Å². The van der Waals surface area contributed by atoms with Gasteiger partial charge in [-0.3, -0.25) is 14.4 Å². The first kappa shape index (κ1) is 18.0. The molecule has 0 saturated heterocycles. The monoisotopic (exact) mass is 332 g/mol. The van der Waals surface area contributed by atoms with Crippen LogP contribution in [0.2, 0.25) is 0 Å². The van der Waals surface area contributed by atoms with Crippen LogP contribution >= 0.6 is 0 Å². The summed E-state index contributed by atoms with van der Waals surface area (Å²) in [5, 5.41) is 2.65. The molecule has 0 aromatic heterocycles. The number of esters is 1. The summed E-state index contributed by atoms with van der Waals surface area (Å²) in [6, 6.07) is 9.49. The number of nitrogens with zero attached hydrogens (tertiary/aromatic N) is 1. The van der Waals surface area contributed by atoms with Crippen LogP contribution in [0.15, 0.2) is 30.3 Å². The highest BCUT2D eigenvalue weighted by molar-refractivity contribution is 5.90. The van der Waals surface area contributed by atoms with Crippen LogP contribution in [0.1, 0.15) is 32.3 Å². The van der Waals surface area contributed by atoms with Gasteiger partial charge in [0.2, 0.25) is 5.91 Å². The van der Waals surface area contributed by atoms with Crippen LogP contribution in [0.4, 0.5) is 0 Å². The van der Waals surface area contributed by atoms with E-state index < -0.39 is 5.41 Å². The van der Waals surface area contributed by atoms with Crippen LogP contribution < -0.4 is 5.32 Å². The van der Waals surface area contributed by atoms with Crippen LogP contribution in [-0.2, 0) is 24.5 Å². The molecule has 1 fully saturated rings. The third-order valence-corrected chi connectivity index (χ3v) is 4.24. The summed E-state index contributed by atoms with van der Waals surface area (Å²) in [4.78, 5) is 37.5. The van der Waals surface area contributed by atoms with Gasteiger partial charge in [-0.1, -0.05) is 30.3 Å². The zero-order valence-electron chi connectivity index (χ0n) is 14.2. The van der Waals surface area contributed by atoms with E-state index >= 15 is 0 Å². The second-order valence-corrected chi connectivity index (χ2v) is 5.89. The van der Waals surface area contributed by atoms with Crippen molar-refractivity contribution < 1.29 is 19.1 Å². The Morgan fingerprint density at radius 1 is 1.17 bits per heavy atom. The lowest BCUT2D eigenvalue weighted by Crippen LogP contribution is -2.42. The summed E-state index contributed by atoms with van der Waals surface area (Å²) in [6.45, 7) is 4.14. The average Bonchev–Trinajstić information content (AvgIpc) is 3.40. The summed E-state index contributed by atoms with van der Waals surface area (Å²) in [5.41, 5.74) is 0.329. The summed E-state index contributed by atoms with van der Waals surface area (Å²) >= 11 is 0. The molecule has 0 heterocycles. The SMILES string of the molecule is CCNC(=O)CN(CC)C(=O)COC(=O)C1(c2ccccc2)CC1. The molecule has 1 saturated carbocycles. The Hall–Kier alpha value is -2.37. The van der Waals surface area contributed by atoms with E-state index in [0.717, 1.165) is 18.4 Å². The van der Waals surface area contributed by atoms with E-state index in [2.05, 4.69) is 5.32 Å². The van der Waals surface area contributed by atoms with E-state index in [4.69, 9.17) is 4.74 Å². The Morgan fingerprint density at radius 3 is 2.38 bits per heavy atom. The predicted molar refractivity (Wildman–Crippen MR) is 89.3 cm³/mol. The second kappa shape index (κ2) is 7.95. The number of carbonyl (C=O) groups is 3. The minimum Gasteiger partial charge on any atom is -0.455 e. The third kappa shape index (κ3) is 4.13. The number of nitrogens with one attached hydrogen (secondary N) is 1. The second-order valence-electron chi connectivity index (χ2n) is 5.89. The van der Waals surface area contributed by atoms with Gasteiger partial charge in [0, 0.05) is 13.1 Å². The molecular formula is C18H24N2O4. The van der Waals surface area contributed by atoms with Gasteiger partial charge in [0.1, 0.15) is 0 Å². The van der Waals surface area contributed by atoms with Crippen LogP contribution in [0, 0.1) is 0 Å². The number of likely N-dealkylation sites (N-methyl/N-ethyl adjacent to an activating group) is 2. The Balaban J connectivity index is 1.89.